The molecule has 122 valence electrons. The molecule has 2 atom stereocenters. The third-order valence-corrected chi connectivity index (χ3v) is 5.15. The smallest absolute Gasteiger partial charge is 0.0433 e. The van der Waals surface area contributed by atoms with Gasteiger partial charge in [-0.25, -0.2) is 0 Å². The number of hydrogen-bond donors (Lipinski definition) is 1. The lowest BCUT2D eigenvalue weighted by molar-refractivity contribution is 0.255. The van der Waals surface area contributed by atoms with Gasteiger partial charge in [0.25, 0.3) is 0 Å². The van der Waals surface area contributed by atoms with E-state index in [1.165, 1.54) is 32.1 Å². The SMILES string of the molecule is CC1=C(CCC(C)CCCC(C)CCO)C(C)(C)C=CC1. The van der Waals surface area contributed by atoms with E-state index in [4.69, 9.17) is 5.11 Å². The lowest BCUT2D eigenvalue weighted by Gasteiger charge is -2.31. The van der Waals surface area contributed by atoms with Gasteiger partial charge in [0.2, 0.25) is 0 Å². The van der Waals surface area contributed by atoms with Crippen molar-refractivity contribution >= 4 is 0 Å². The van der Waals surface area contributed by atoms with Crippen LogP contribution >= 0.6 is 0 Å². The summed E-state index contributed by atoms with van der Waals surface area (Å²) in [6.07, 6.45) is 13.3. The number of aliphatic hydroxyl groups is 1. The molecule has 0 saturated carbocycles. The van der Waals surface area contributed by atoms with Crippen LogP contribution in [-0.4, -0.2) is 11.7 Å². The first-order chi connectivity index (χ1) is 9.86. The molecule has 0 aromatic heterocycles. The molecule has 1 aliphatic carbocycles. The van der Waals surface area contributed by atoms with E-state index in [1.54, 1.807) is 11.1 Å². The fraction of sp³-hybridized carbons (Fsp3) is 0.800. The van der Waals surface area contributed by atoms with Crippen LogP contribution in [0.3, 0.4) is 0 Å². The van der Waals surface area contributed by atoms with Gasteiger partial charge in [0.1, 0.15) is 0 Å². The highest BCUT2D eigenvalue weighted by Crippen LogP contribution is 2.39. The van der Waals surface area contributed by atoms with Gasteiger partial charge in [-0.3, -0.25) is 0 Å². The molecule has 0 fully saturated rings. The number of allylic oxidation sites excluding steroid dienone is 4. The van der Waals surface area contributed by atoms with Crippen LogP contribution in [0.5, 0.6) is 0 Å². The monoisotopic (exact) mass is 292 g/mol. The topological polar surface area (TPSA) is 20.2 Å². The molecule has 21 heavy (non-hydrogen) atoms. The van der Waals surface area contributed by atoms with Gasteiger partial charge < -0.3 is 5.11 Å². The van der Waals surface area contributed by atoms with Crippen molar-refractivity contribution in [1.29, 1.82) is 0 Å². The Morgan fingerprint density at radius 3 is 2.29 bits per heavy atom. The average Bonchev–Trinajstić information content (AvgIpc) is 2.37. The predicted molar refractivity (Wildman–Crippen MR) is 93.4 cm³/mol. The summed E-state index contributed by atoms with van der Waals surface area (Å²) in [5, 5.41) is 8.94. The van der Waals surface area contributed by atoms with Crippen molar-refractivity contribution in [3.05, 3.63) is 23.3 Å². The summed E-state index contributed by atoms with van der Waals surface area (Å²) < 4.78 is 0. The van der Waals surface area contributed by atoms with Crippen LogP contribution in [0.15, 0.2) is 23.3 Å². The van der Waals surface area contributed by atoms with Crippen molar-refractivity contribution < 1.29 is 5.11 Å². The quantitative estimate of drug-likeness (QED) is 0.525. The molecule has 0 spiro atoms. The van der Waals surface area contributed by atoms with Crippen LogP contribution in [0.25, 0.3) is 0 Å². The molecule has 0 radical (unpaired) electrons. The number of hydrogen-bond acceptors (Lipinski definition) is 1. The largest absolute Gasteiger partial charge is 0.396 e. The molecule has 0 saturated heterocycles. The second-order valence-electron chi connectivity index (χ2n) is 7.78. The van der Waals surface area contributed by atoms with Gasteiger partial charge in [0, 0.05) is 12.0 Å². The molecule has 0 amide bonds. The maximum atomic E-state index is 8.94. The predicted octanol–water partition coefficient (Wildman–Crippen LogP) is 5.89. The van der Waals surface area contributed by atoms with Crippen molar-refractivity contribution in [2.45, 2.75) is 79.6 Å². The van der Waals surface area contributed by atoms with E-state index in [1.807, 2.05) is 0 Å². The Labute approximate surface area is 132 Å². The lowest BCUT2D eigenvalue weighted by Crippen LogP contribution is -2.17. The first-order valence-electron chi connectivity index (χ1n) is 8.84. The van der Waals surface area contributed by atoms with E-state index in [0.29, 0.717) is 12.5 Å². The van der Waals surface area contributed by atoms with Crippen LogP contribution in [0.1, 0.15) is 79.6 Å². The zero-order valence-electron chi connectivity index (χ0n) is 14.9. The van der Waals surface area contributed by atoms with Crippen LogP contribution in [0, 0.1) is 17.3 Å². The highest BCUT2D eigenvalue weighted by Gasteiger charge is 2.24. The standard InChI is InChI=1S/C20H36O/c1-16(8-6-9-17(2)13-15-21)11-12-19-18(3)10-7-14-20(19,4)5/h7,14,16-17,21H,6,8-13,15H2,1-5H3. The minimum atomic E-state index is 0.262. The molecule has 1 heteroatoms. The molecular weight excluding hydrogens is 256 g/mol. The molecule has 0 aromatic carbocycles. The van der Waals surface area contributed by atoms with Gasteiger partial charge in [-0.05, 0) is 44.4 Å². The van der Waals surface area contributed by atoms with E-state index in [9.17, 15) is 0 Å². The summed E-state index contributed by atoms with van der Waals surface area (Å²) in [5.74, 6) is 1.49. The maximum Gasteiger partial charge on any atom is 0.0433 e. The van der Waals surface area contributed by atoms with Crippen LogP contribution < -0.4 is 0 Å². The summed E-state index contributed by atoms with van der Waals surface area (Å²) in [5.41, 5.74) is 3.52. The summed E-state index contributed by atoms with van der Waals surface area (Å²) in [6.45, 7) is 12.0. The zero-order valence-corrected chi connectivity index (χ0v) is 14.9. The van der Waals surface area contributed by atoms with Gasteiger partial charge in [0.05, 0.1) is 0 Å². The van der Waals surface area contributed by atoms with Crippen molar-refractivity contribution in [2.24, 2.45) is 17.3 Å². The van der Waals surface area contributed by atoms with Gasteiger partial charge in [-0.2, -0.15) is 0 Å². The Bertz CT molecular complexity index is 362. The van der Waals surface area contributed by atoms with Crippen LogP contribution in [0.4, 0.5) is 0 Å². The fourth-order valence-electron chi connectivity index (χ4n) is 3.55. The minimum Gasteiger partial charge on any atom is -0.396 e. The van der Waals surface area contributed by atoms with E-state index in [2.05, 4.69) is 46.8 Å². The maximum absolute atomic E-state index is 8.94. The van der Waals surface area contributed by atoms with Gasteiger partial charge in [0.15, 0.2) is 0 Å². The lowest BCUT2D eigenvalue weighted by atomic mass is 9.74. The molecule has 0 bridgehead atoms. The van der Waals surface area contributed by atoms with Crippen molar-refractivity contribution in [3.8, 4) is 0 Å². The van der Waals surface area contributed by atoms with Crippen molar-refractivity contribution in [2.75, 3.05) is 6.61 Å². The van der Waals surface area contributed by atoms with E-state index >= 15 is 0 Å². The second kappa shape index (κ2) is 8.78. The highest BCUT2D eigenvalue weighted by atomic mass is 16.3. The first-order valence-corrected chi connectivity index (χ1v) is 8.84. The highest BCUT2D eigenvalue weighted by molar-refractivity contribution is 5.30. The average molecular weight is 293 g/mol. The van der Waals surface area contributed by atoms with Gasteiger partial charge >= 0.3 is 0 Å². The van der Waals surface area contributed by atoms with E-state index in [-0.39, 0.29) is 5.41 Å². The molecule has 0 heterocycles. The Balaban J connectivity index is 2.31. The summed E-state index contributed by atoms with van der Waals surface area (Å²) in [6, 6.07) is 0. The second-order valence-corrected chi connectivity index (χ2v) is 7.78. The number of aliphatic hydroxyl groups excluding tert-OH is 1. The Hall–Kier alpha value is -0.560. The number of rotatable bonds is 9. The van der Waals surface area contributed by atoms with Gasteiger partial charge in [-0.15, -0.1) is 0 Å². The molecule has 0 aromatic rings. The fourth-order valence-corrected chi connectivity index (χ4v) is 3.55. The first kappa shape index (κ1) is 18.5. The molecule has 1 N–H and O–H groups in total. The molecular formula is C20H36O. The molecule has 1 rings (SSSR count). The molecule has 2 unspecified atom stereocenters. The summed E-state index contributed by atoms with van der Waals surface area (Å²) in [4.78, 5) is 0. The van der Waals surface area contributed by atoms with Crippen LogP contribution in [-0.2, 0) is 0 Å². The molecule has 0 aliphatic heterocycles. The summed E-state index contributed by atoms with van der Waals surface area (Å²) >= 11 is 0. The third-order valence-electron chi connectivity index (χ3n) is 5.15. The van der Waals surface area contributed by atoms with E-state index < -0.39 is 0 Å². The zero-order chi connectivity index (χ0) is 15.9. The van der Waals surface area contributed by atoms with Gasteiger partial charge in [-0.1, -0.05) is 70.3 Å². The van der Waals surface area contributed by atoms with Crippen LogP contribution in [0.2, 0.25) is 0 Å². The summed E-state index contributed by atoms with van der Waals surface area (Å²) in [7, 11) is 0. The Morgan fingerprint density at radius 2 is 1.71 bits per heavy atom. The van der Waals surface area contributed by atoms with Crippen molar-refractivity contribution in [3.63, 3.8) is 0 Å². The molecule has 1 nitrogen and oxygen atoms in total. The third kappa shape index (κ3) is 6.38. The van der Waals surface area contributed by atoms with E-state index in [0.717, 1.165) is 18.8 Å². The minimum absolute atomic E-state index is 0.262. The Kier molecular flexibility index (Phi) is 7.73. The van der Waals surface area contributed by atoms with Crippen molar-refractivity contribution in [1.82, 2.24) is 0 Å². The molecule has 1 aliphatic rings. The Morgan fingerprint density at radius 1 is 1.10 bits per heavy atom. The normalized spacial score (nSPS) is 20.7.